The summed E-state index contributed by atoms with van der Waals surface area (Å²) in [5.74, 6) is -0.740. The molecule has 3 aromatic rings. The van der Waals surface area contributed by atoms with E-state index in [1.54, 1.807) is 13.0 Å². The van der Waals surface area contributed by atoms with Gasteiger partial charge in [-0.2, -0.15) is 0 Å². The molecule has 1 fully saturated rings. The number of amides is 3. The highest BCUT2D eigenvalue weighted by Crippen LogP contribution is 2.27. The third-order valence-corrected chi connectivity index (χ3v) is 4.98. The number of carbonyl (C=O) groups is 3. The largest absolute Gasteiger partial charge is 0.350 e. The quantitative estimate of drug-likeness (QED) is 0.669. The van der Waals surface area contributed by atoms with Gasteiger partial charge in [0, 0.05) is 31.5 Å². The van der Waals surface area contributed by atoms with Crippen LogP contribution in [0.25, 0.3) is 22.4 Å². The summed E-state index contributed by atoms with van der Waals surface area (Å²) < 4.78 is 5.30. The van der Waals surface area contributed by atoms with Gasteiger partial charge in [0.15, 0.2) is 0 Å². The van der Waals surface area contributed by atoms with Crippen molar-refractivity contribution in [3.8, 4) is 11.3 Å². The molecule has 1 saturated heterocycles. The third kappa shape index (κ3) is 3.61. The normalized spacial score (nSPS) is 14.1. The number of carbonyl (C=O) groups excluding carboxylic acids is 3. The zero-order valence-electron chi connectivity index (χ0n) is 16.2. The van der Waals surface area contributed by atoms with Gasteiger partial charge in [-0.25, -0.2) is 4.98 Å². The van der Waals surface area contributed by atoms with Gasteiger partial charge in [0.05, 0.1) is 22.3 Å². The number of aromatic nitrogens is 2. The number of fused-ring (bicyclic) bond motifs is 1. The van der Waals surface area contributed by atoms with Crippen LogP contribution in [0.3, 0.4) is 0 Å². The number of pyridine rings is 1. The first-order chi connectivity index (χ1) is 13.9. The maximum atomic E-state index is 12.9. The molecule has 1 N–H and O–H groups in total. The summed E-state index contributed by atoms with van der Waals surface area (Å²) >= 11 is 0. The van der Waals surface area contributed by atoms with Gasteiger partial charge in [-0.1, -0.05) is 35.0 Å². The molecule has 0 bridgehead atoms. The molecule has 1 aromatic carbocycles. The molecular formula is C21H20N4O4. The number of rotatable bonds is 5. The number of aryl methyl sites for hydroxylation is 2. The smallest absolute Gasteiger partial charge is 0.259 e. The van der Waals surface area contributed by atoms with Crippen molar-refractivity contribution < 1.29 is 18.9 Å². The van der Waals surface area contributed by atoms with Crippen LogP contribution >= 0.6 is 0 Å². The second-order valence-electron chi connectivity index (χ2n) is 7.06. The number of hydrogen-bond acceptors (Lipinski definition) is 6. The van der Waals surface area contributed by atoms with Crippen molar-refractivity contribution in [2.45, 2.75) is 26.7 Å². The third-order valence-electron chi connectivity index (χ3n) is 4.98. The summed E-state index contributed by atoms with van der Waals surface area (Å²) in [6.45, 7) is 4.07. The number of nitrogens with one attached hydrogen (secondary N) is 1. The molecule has 0 aliphatic carbocycles. The van der Waals surface area contributed by atoms with E-state index in [4.69, 9.17) is 4.52 Å². The Morgan fingerprint density at radius 3 is 2.52 bits per heavy atom. The fraction of sp³-hybridized carbons (Fsp3) is 0.286. The van der Waals surface area contributed by atoms with Crippen LogP contribution in [0.1, 0.15) is 34.5 Å². The molecular weight excluding hydrogens is 372 g/mol. The van der Waals surface area contributed by atoms with Crippen LogP contribution in [-0.4, -0.2) is 45.9 Å². The summed E-state index contributed by atoms with van der Waals surface area (Å²) in [4.78, 5) is 42.0. The zero-order chi connectivity index (χ0) is 20.5. The van der Waals surface area contributed by atoms with E-state index >= 15 is 0 Å². The topological polar surface area (TPSA) is 105 Å². The number of nitrogens with zero attached hydrogens (tertiary/aromatic N) is 3. The predicted octanol–water partition coefficient (Wildman–Crippen LogP) is 2.39. The van der Waals surface area contributed by atoms with Gasteiger partial charge in [0.2, 0.25) is 11.8 Å². The van der Waals surface area contributed by atoms with Crippen molar-refractivity contribution in [1.82, 2.24) is 20.4 Å². The highest BCUT2D eigenvalue weighted by atomic mass is 16.5. The molecule has 0 unspecified atom stereocenters. The van der Waals surface area contributed by atoms with E-state index in [1.807, 2.05) is 31.2 Å². The summed E-state index contributed by atoms with van der Waals surface area (Å²) in [6, 6.07) is 9.50. The first-order valence-electron chi connectivity index (χ1n) is 9.39. The average Bonchev–Trinajstić information content (AvgIpc) is 3.24. The Morgan fingerprint density at radius 2 is 1.83 bits per heavy atom. The fourth-order valence-electron chi connectivity index (χ4n) is 3.39. The standard InChI is InChI=1S/C21H20N4O4/c1-12-3-5-14(6-4-12)16-11-15(19-13(2)24-29-21(19)23-16)20(28)22-9-10-25-17(26)7-8-18(25)27/h3-6,11H,7-10H2,1-2H3,(H,22,28). The van der Waals surface area contributed by atoms with Gasteiger partial charge < -0.3 is 9.84 Å². The van der Waals surface area contributed by atoms with E-state index in [-0.39, 0.29) is 49.4 Å². The lowest BCUT2D eigenvalue weighted by Gasteiger charge is -2.14. The molecule has 148 valence electrons. The van der Waals surface area contributed by atoms with Crippen LogP contribution in [0.15, 0.2) is 34.9 Å². The van der Waals surface area contributed by atoms with Gasteiger partial charge in [-0.05, 0) is 19.9 Å². The monoisotopic (exact) mass is 392 g/mol. The molecule has 29 heavy (non-hydrogen) atoms. The molecule has 4 rings (SSSR count). The zero-order valence-corrected chi connectivity index (χ0v) is 16.2. The van der Waals surface area contributed by atoms with E-state index in [2.05, 4.69) is 15.5 Å². The summed E-state index contributed by atoms with van der Waals surface area (Å²) in [7, 11) is 0. The van der Waals surface area contributed by atoms with Gasteiger partial charge in [-0.3, -0.25) is 19.3 Å². The fourth-order valence-corrected chi connectivity index (χ4v) is 3.39. The Hall–Kier alpha value is -3.55. The Bertz CT molecular complexity index is 1100. The number of hydrogen-bond donors (Lipinski definition) is 1. The van der Waals surface area contributed by atoms with Crippen molar-refractivity contribution in [2.24, 2.45) is 0 Å². The Balaban J connectivity index is 1.60. The molecule has 1 aliphatic heterocycles. The van der Waals surface area contributed by atoms with E-state index in [1.165, 1.54) is 4.90 Å². The van der Waals surface area contributed by atoms with Crippen LogP contribution in [0.4, 0.5) is 0 Å². The minimum absolute atomic E-state index is 0.158. The molecule has 8 heteroatoms. The van der Waals surface area contributed by atoms with Crippen molar-refractivity contribution in [2.75, 3.05) is 13.1 Å². The lowest BCUT2D eigenvalue weighted by Crippen LogP contribution is -2.37. The molecule has 0 saturated carbocycles. The van der Waals surface area contributed by atoms with E-state index in [0.29, 0.717) is 22.3 Å². The van der Waals surface area contributed by atoms with Crippen molar-refractivity contribution in [3.63, 3.8) is 0 Å². The Labute approximate surface area is 166 Å². The van der Waals surface area contributed by atoms with Gasteiger partial charge in [-0.15, -0.1) is 0 Å². The molecule has 0 radical (unpaired) electrons. The van der Waals surface area contributed by atoms with Crippen LogP contribution in [0.2, 0.25) is 0 Å². The second kappa shape index (κ2) is 7.46. The lowest BCUT2D eigenvalue weighted by molar-refractivity contribution is -0.138. The number of likely N-dealkylation sites (tertiary alicyclic amines) is 1. The Morgan fingerprint density at radius 1 is 1.14 bits per heavy atom. The molecule has 1 aliphatic rings. The number of imide groups is 1. The lowest BCUT2D eigenvalue weighted by atomic mass is 10.0. The number of benzene rings is 1. The van der Waals surface area contributed by atoms with E-state index < -0.39 is 0 Å². The molecule has 3 heterocycles. The average molecular weight is 392 g/mol. The maximum absolute atomic E-state index is 12.9. The van der Waals surface area contributed by atoms with Crippen molar-refractivity contribution >= 4 is 28.8 Å². The molecule has 3 amide bonds. The van der Waals surface area contributed by atoms with Crippen LogP contribution in [-0.2, 0) is 9.59 Å². The first kappa shape index (κ1) is 18.8. The summed E-state index contributed by atoms with van der Waals surface area (Å²) in [6.07, 6.45) is 0.467. The maximum Gasteiger partial charge on any atom is 0.259 e. The highest BCUT2D eigenvalue weighted by Gasteiger charge is 2.28. The van der Waals surface area contributed by atoms with Crippen LogP contribution in [0.5, 0.6) is 0 Å². The van der Waals surface area contributed by atoms with Gasteiger partial charge in [0.25, 0.3) is 11.6 Å². The van der Waals surface area contributed by atoms with E-state index in [9.17, 15) is 14.4 Å². The second-order valence-corrected chi connectivity index (χ2v) is 7.06. The highest BCUT2D eigenvalue weighted by molar-refractivity contribution is 6.07. The van der Waals surface area contributed by atoms with E-state index in [0.717, 1.165) is 11.1 Å². The SMILES string of the molecule is Cc1ccc(-c2cc(C(=O)NCCN3C(=O)CCC3=O)c3c(C)noc3n2)cc1. The van der Waals surface area contributed by atoms with Crippen LogP contribution in [0, 0.1) is 13.8 Å². The minimum Gasteiger partial charge on any atom is -0.350 e. The molecule has 0 spiro atoms. The van der Waals surface area contributed by atoms with Crippen molar-refractivity contribution in [1.29, 1.82) is 0 Å². The summed E-state index contributed by atoms with van der Waals surface area (Å²) in [5, 5.41) is 7.27. The molecule has 0 atom stereocenters. The Kier molecular flexibility index (Phi) is 4.84. The summed E-state index contributed by atoms with van der Waals surface area (Å²) in [5.41, 5.74) is 3.82. The molecule has 8 nitrogen and oxygen atoms in total. The molecule has 2 aromatic heterocycles. The van der Waals surface area contributed by atoms with Crippen LogP contribution < -0.4 is 5.32 Å². The van der Waals surface area contributed by atoms with Gasteiger partial charge >= 0.3 is 0 Å². The predicted molar refractivity (Wildman–Crippen MR) is 105 cm³/mol. The van der Waals surface area contributed by atoms with Crippen molar-refractivity contribution in [3.05, 3.63) is 47.2 Å². The van der Waals surface area contributed by atoms with Gasteiger partial charge in [0.1, 0.15) is 0 Å². The first-order valence-corrected chi connectivity index (χ1v) is 9.39. The minimum atomic E-state index is -0.337.